The highest BCUT2D eigenvalue weighted by molar-refractivity contribution is 7.18. The van der Waals surface area contributed by atoms with Crippen LogP contribution in [0.2, 0.25) is 0 Å². The highest BCUT2D eigenvalue weighted by Crippen LogP contribution is 2.35. The van der Waals surface area contributed by atoms with Crippen LogP contribution in [0.4, 0.5) is 0 Å². The zero-order valence-corrected chi connectivity index (χ0v) is 16.0. The summed E-state index contributed by atoms with van der Waals surface area (Å²) in [6.07, 6.45) is 1.17. The molecule has 4 rings (SSSR count). The number of para-hydroxylation sites is 1. The predicted octanol–water partition coefficient (Wildman–Crippen LogP) is 4.08. The third kappa shape index (κ3) is 3.75. The molecule has 2 heterocycles. The monoisotopic (exact) mass is 367 g/mol. The first-order valence-corrected chi connectivity index (χ1v) is 10.2. The molecule has 4 nitrogen and oxygen atoms in total. The Balaban J connectivity index is 1.72. The van der Waals surface area contributed by atoms with Crippen LogP contribution in [0.25, 0.3) is 10.2 Å². The maximum atomic E-state index is 5.62. The van der Waals surface area contributed by atoms with Gasteiger partial charge < -0.3 is 10.1 Å². The second-order valence-corrected chi connectivity index (χ2v) is 7.63. The predicted molar refractivity (Wildman–Crippen MR) is 108 cm³/mol. The molecule has 0 spiro atoms. The molecule has 0 radical (unpaired) electrons. The fraction of sp³-hybridized carbons (Fsp3) is 0.381. The molecule has 1 saturated heterocycles. The number of hydrogen-bond donors (Lipinski definition) is 1. The van der Waals surface area contributed by atoms with Crippen LogP contribution in [0.5, 0.6) is 5.75 Å². The Morgan fingerprint density at radius 2 is 1.96 bits per heavy atom. The van der Waals surface area contributed by atoms with E-state index in [2.05, 4.69) is 58.7 Å². The lowest BCUT2D eigenvalue weighted by Gasteiger charge is -2.29. The second kappa shape index (κ2) is 8.16. The molecule has 5 heteroatoms. The van der Waals surface area contributed by atoms with Crippen molar-refractivity contribution in [2.24, 2.45) is 0 Å². The van der Waals surface area contributed by atoms with Crippen LogP contribution in [0, 0.1) is 0 Å². The highest BCUT2D eigenvalue weighted by Gasteiger charge is 2.26. The molecule has 26 heavy (non-hydrogen) atoms. The first kappa shape index (κ1) is 17.5. The molecule has 1 unspecified atom stereocenters. The van der Waals surface area contributed by atoms with Crippen molar-refractivity contribution in [1.29, 1.82) is 0 Å². The lowest BCUT2D eigenvalue weighted by molar-refractivity contribution is 0.240. The zero-order chi connectivity index (χ0) is 17.8. The van der Waals surface area contributed by atoms with E-state index >= 15 is 0 Å². The summed E-state index contributed by atoms with van der Waals surface area (Å²) >= 11 is 1.81. The van der Waals surface area contributed by atoms with E-state index in [1.54, 1.807) is 0 Å². The summed E-state index contributed by atoms with van der Waals surface area (Å²) in [5.41, 5.74) is 2.38. The molecule has 1 aromatic heterocycles. The number of rotatable bonds is 5. The van der Waals surface area contributed by atoms with Gasteiger partial charge in [0, 0.05) is 19.6 Å². The first-order chi connectivity index (χ1) is 12.8. The van der Waals surface area contributed by atoms with Crippen molar-refractivity contribution >= 4 is 21.6 Å². The van der Waals surface area contributed by atoms with Crippen LogP contribution in [-0.4, -0.2) is 42.7 Å². The van der Waals surface area contributed by atoms with Crippen LogP contribution >= 0.6 is 11.3 Å². The smallest absolute Gasteiger partial charge is 0.119 e. The van der Waals surface area contributed by atoms with Gasteiger partial charge in [-0.15, -0.1) is 11.3 Å². The Bertz CT molecular complexity index is 805. The third-order valence-electron chi connectivity index (χ3n) is 4.79. The quantitative estimate of drug-likeness (QED) is 0.737. The maximum absolute atomic E-state index is 5.62. The Morgan fingerprint density at radius 3 is 2.77 bits per heavy atom. The van der Waals surface area contributed by atoms with Crippen LogP contribution in [-0.2, 0) is 0 Å². The van der Waals surface area contributed by atoms with Gasteiger partial charge in [-0.05, 0) is 49.7 Å². The molecule has 1 atom stereocenters. The second-order valence-electron chi connectivity index (χ2n) is 6.56. The zero-order valence-electron chi connectivity index (χ0n) is 15.1. The summed E-state index contributed by atoms with van der Waals surface area (Å²) in [5, 5.41) is 4.69. The molecule has 136 valence electrons. The van der Waals surface area contributed by atoms with Crippen LogP contribution in [0.15, 0.2) is 48.5 Å². The molecular formula is C21H25N3OS. The van der Waals surface area contributed by atoms with E-state index in [4.69, 9.17) is 9.72 Å². The van der Waals surface area contributed by atoms with Crippen LogP contribution in [0.1, 0.15) is 30.0 Å². The number of aromatic nitrogens is 1. The van der Waals surface area contributed by atoms with E-state index in [1.807, 2.05) is 18.3 Å². The molecule has 0 amide bonds. The minimum Gasteiger partial charge on any atom is -0.494 e. The first-order valence-electron chi connectivity index (χ1n) is 9.38. The Hall–Kier alpha value is -1.95. The third-order valence-corrected chi connectivity index (χ3v) is 5.88. The van der Waals surface area contributed by atoms with Gasteiger partial charge in [0.25, 0.3) is 0 Å². The molecule has 1 aliphatic heterocycles. The van der Waals surface area contributed by atoms with Crippen molar-refractivity contribution in [3.8, 4) is 5.75 Å². The molecule has 3 aromatic rings. The number of hydrogen-bond acceptors (Lipinski definition) is 5. The van der Waals surface area contributed by atoms with Crippen molar-refractivity contribution in [1.82, 2.24) is 15.2 Å². The summed E-state index contributed by atoms with van der Waals surface area (Å²) in [5.74, 6) is 0.928. The number of nitrogens with one attached hydrogen (secondary N) is 1. The fourth-order valence-corrected chi connectivity index (χ4v) is 4.69. The number of thiazole rings is 1. The number of nitrogens with zero attached hydrogens (tertiary/aromatic N) is 2. The number of fused-ring (bicyclic) bond motifs is 1. The van der Waals surface area contributed by atoms with Crippen LogP contribution < -0.4 is 10.1 Å². The molecular weight excluding hydrogens is 342 g/mol. The van der Waals surface area contributed by atoms with E-state index in [9.17, 15) is 0 Å². The molecule has 1 aliphatic rings. The van der Waals surface area contributed by atoms with Gasteiger partial charge in [-0.1, -0.05) is 24.3 Å². The number of benzene rings is 2. The molecule has 2 aromatic carbocycles. The highest BCUT2D eigenvalue weighted by atomic mass is 32.1. The Labute approximate surface area is 158 Å². The van der Waals surface area contributed by atoms with Gasteiger partial charge in [0.15, 0.2) is 0 Å². The van der Waals surface area contributed by atoms with Gasteiger partial charge in [0.05, 0.1) is 22.9 Å². The average Bonchev–Trinajstić information content (AvgIpc) is 2.91. The van der Waals surface area contributed by atoms with E-state index < -0.39 is 0 Å². The van der Waals surface area contributed by atoms with Crippen LogP contribution in [0.3, 0.4) is 0 Å². The minimum absolute atomic E-state index is 0.197. The normalized spacial score (nSPS) is 17.1. The lowest BCUT2D eigenvalue weighted by Crippen LogP contribution is -2.33. The van der Waals surface area contributed by atoms with Gasteiger partial charge >= 0.3 is 0 Å². The van der Waals surface area contributed by atoms with Crippen molar-refractivity contribution in [2.75, 3.05) is 32.8 Å². The largest absolute Gasteiger partial charge is 0.494 e. The Kier molecular flexibility index (Phi) is 5.48. The van der Waals surface area contributed by atoms with E-state index in [1.165, 1.54) is 21.7 Å². The van der Waals surface area contributed by atoms with Crippen molar-refractivity contribution < 1.29 is 4.74 Å². The summed E-state index contributed by atoms with van der Waals surface area (Å²) < 4.78 is 6.88. The standard InChI is InChI=1S/C21H25N3OS/c1-2-25-17-10-8-16(9-11-17)20(24-14-5-12-22-13-15-24)21-23-18-6-3-4-7-19(18)26-21/h3-4,6-11,20,22H,2,5,12-15H2,1H3. The average molecular weight is 368 g/mol. The van der Waals surface area contributed by atoms with Gasteiger partial charge in [0.1, 0.15) is 10.8 Å². The van der Waals surface area contributed by atoms with Gasteiger partial charge in [-0.25, -0.2) is 4.98 Å². The van der Waals surface area contributed by atoms with E-state index in [0.29, 0.717) is 6.61 Å². The van der Waals surface area contributed by atoms with Crippen molar-refractivity contribution in [3.63, 3.8) is 0 Å². The molecule has 1 N–H and O–H groups in total. The molecule has 0 bridgehead atoms. The Morgan fingerprint density at radius 1 is 1.12 bits per heavy atom. The van der Waals surface area contributed by atoms with Crippen molar-refractivity contribution in [3.05, 3.63) is 59.1 Å². The topological polar surface area (TPSA) is 37.4 Å². The summed E-state index contributed by atoms with van der Waals surface area (Å²) in [4.78, 5) is 7.54. The minimum atomic E-state index is 0.197. The molecule has 1 fully saturated rings. The maximum Gasteiger partial charge on any atom is 0.119 e. The summed E-state index contributed by atoms with van der Waals surface area (Å²) in [7, 11) is 0. The van der Waals surface area contributed by atoms with Crippen molar-refractivity contribution in [2.45, 2.75) is 19.4 Å². The van der Waals surface area contributed by atoms with Gasteiger partial charge in [-0.3, -0.25) is 4.90 Å². The molecule has 0 aliphatic carbocycles. The van der Waals surface area contributed by atoms with Gasteiger partial charge in [0.2, 0.25) is 0 Å². The van der Waals surface area contributed by atoms with E-state index in [0.717, 1.165) is 37.4 Å². The number of ether oxygens (including phenoxy) is 1. The molecule has 0 saturated carbocycles. The lowest BCUT2D eigenvalue weighted by atomic mass is 10.1. The SMILES string of the molecule is CCOc1ccc(C(c2nc3ccccc3s2)N2CCCNCC2)cc1. The fourth-order valence-electron chi connectivity index (χ4n) is 3.55. The summed E-state index contributed by atoms with van der Waals surface area (Å²) in [6, 6.07) is 17.2. The summed E-state index contributed by atoms with van der Waals surface area (Å²) in [6.45, 7) is 6.94. The van der Waals surface area contributed by atoms with E-state index in [-0.39, 0.29) is 6.04 Å². The van der Waals surface area contributed by atoms with Gasteiger partial charge in [-0.2, -0.15) is 0 Å².